The summed E-state index contributed by atoms with van der Waals surface area (Å²) < 4.78 is 31.7. The van der Waals surface area contributed by atoms with Crippen molar-refractivity contribution in [1.29, 1.82) is 0 Å². The van der Waals surface area contributed by atoms with Gasteiger partial charge in [-0.3, -0.25) is 9.13 Å². The van der Waals surface area contributed by atoms with Crippen LogP contribution in [0.2, 0.25) is 0 Å². The van der Waals surface area contributed by atoms with Crippen LogP contribution in [0.15, 0.2) is 16.1 Å². The number of nitrogen functional groups attached to an aromatic ring is 1. The highest BCUT2D eigenvalue weighted by Gasteiger charge is 2.17. The van der Waals surface area contributed by atoms with E-state index in [-0.39, 0.29) is 5.95 Å². The van der Waals surface area contributed by atoms with Crippen LogP contribution in [0.5, 0.6) is 0 Å². The van der Waals surface area contributed by atoms with Crippen LogP contribution < -0.4 is 5.73 Å². The third kappa shape index (κ3) is 12.8. The summed E-state index contributed by atoms with van der Waals surface area (Å²) in [5.74, 6) is 0.875. The van der Waals surface area contributed by atoms with Crippen LogP contribution in [0.25, 0.3) is 0 Å². The lowest BCUT2D eigenvalue weighted by Gasteiger charge is -2.14. The maximum absolute atomic E-state index is 10.8. The molecule has 1 heterocycles. The van der Waals surface area contributed by atoms with Gasteiger partial charge in [-0.05, 0) is 13.8 Å². The summed E-state index contributed by atoms with van der Waals surface area (Å²) in [4.78, 5) is 43.4. The number of rotatable bonds is 12. The number of hydrogen-bond acceptors (Lipinski definition) is 9. The van der Waals surface area contributed by atoms with Gasteiger partial charge in [-0.2, -0.15) is 0 Å². The van der Waals surface area contributed by atoms with Crippen LogP contribution in [0.3, 0.4) is 0 Å². The number of ether oxygens (including phenoxy) is 2. The molecule has 6 N–H and O–H groups in total. The molecule has 0 aliphatic rings. The summed E-state index contributed by atoms with van der Waals surface area (Å²) in [7, 11) is -8.41. The van der Waals surface area contributed by atoms with Gasteiger partial charge in [0.25, 0.3) is 0 Å². The molecular formula is C12H23N3O8P2S2. The summed E-state index contributed by atoms with van der Waals surface area (Å²) in [6, 6.07) is 1.69. The molecule has 0 aliphatic carbocycles. The van der Waals surface area contributed by atoms with Crippen LogP contribution in [0.1, 0.15) is 13.8 Å². The van der Waals surface area contributed by atoms with Gasteiger partial charge in [0.2, 0.25) is 5.95 Å². The normalized spacial score (nSPS) is 14.9. The lowest BCUT2D eigenvalue weighted by molar-refractivity contribution is 0.105. The molecule has 0 unspecified atom stereocenters. The van der Waals surface area contributed by atoms with Gasteiger partial charge in [0.15, 0.2) is 0 Å². The molecule has 0 fully saturated rings. The van der Waals surface area contributed by atoms with E-state index in [9.17, 15) is 9.13 Å². The Morgan fingerprint density at radius 1 is 0.963 bits per heavy atom. The Hall–Kier alpha value is -0.200. The Kier molecular flexibility index (Phi) is 10.2. The van der Waals surface area contributed by atoms with Gasteiger partial charge >= 0.3 is 15.2 Å². The van der Waals surface area contributed by atoms with Crippen LogP contribution in [-0.4, -0.2) is 66.0 Å². The van der Waals surface area contributed by atoms with Gasteiger partial charge in [0.1, 0.15) is 22.7 Å². The Balaban J connectivity index is 2.51. The molecule has 0 bridgehead atoms. The van der Waals surface area contributed by atoms with Crippen LogP contribution >= 0.6 is 38.7 Å². The molecule has 1 aromatic rings. The van der Waals surface area contributed by atoms with Crippen molar-refractivity contribution in [2.45, 2.75) is 36.1 Å². The molecule has 0 radical (unpaired) electrons. The average Bonchev–Trinajstić information content (AvgIpc) is 2.52. The third-order valence-electron chi connectivity index (χ3n) is 2.68. The lowest BCUT2D eigenvalue weighted by atomic mass is 10.5. The maximum atomic E-state index is 10.8. The SMILES string of the molecule is C[C@H](CSc1cc(SC[C@@H](C)OCP(=O)(O)O)nc(N)n1)OCP(=O)(O)O. The molecule has 2 atom stereocenters. The highest BCUT2D eigenvalue weighted by molar-refractivity contribution is 8.00. The number of thioether (sulfide) groups is 2. The molecule has 27 heavy (non-hydrogen) atoms. The fourth-order valence-corrected chi connectivity index (χ4v) is 4.20. The van der Waals surface area contributed by atoms with E-state index in [1.54, 1.807) is 19.9 Å². The van der Waals surface area contributed by atoms with Gasteiger partial charge in [-0.25, -0.2) is 9.97 Å². The summed E-state index contributed by atoms with van der Waals surface area (Å²) >= 11 is 2.60. The first-order valence-corrected chi connectivity index (χ1v) is 13.1. The van der Waals surface area contributed by atoms with Crippen molar-refractivity contribution >= 4 is 44.7 Å². The number of anilines is 1. The summed E-state index contributed by atoms with van der Waals surface area (Å²) in [5, 5.41) is 1.14. The molecule has 156 valence electrons. The van der Waals surface area contributed by atoms with E-state index in [1.165, 1.54) is 23.5 Å². The molecule has 0 aromatic carbocycles. The molecule has 0 amide bonds. The molecule has 1 rings (SSSR count). The summed E-state index contributed by atoms with van der Waals surface area (Å²) in [5.41, 5.74) is 5.69. The third-order valence-corrected chi connectivity index (χ3v) is 5.94. The van der Waals surface area contributed by atoms with Gasteiger partial charge < -0.3 is 34.8 Å². The van der Waals surface area contributed by atoms with E-state index < -0.39 is 40.1 Å². The van der Waals surface area contributed by atoms with Gasteiger partial charge in [-0.1, -0.05) is 0 Å². The zero-order valence-corrected chi connectivity index (χ0v) is 18.1. The van der Waals surface area contributed by atoms with Crippen LogP contribution in [0.4, 0.5) is 5.95 Å². The van der Waals surface area contributed by atoms with Crippen LogP contribution in [-0.2, 0) is 18.6 Å². The Morgan fingerprint density at radius 2 is 1.33 bits per heavy atom. The molecule has 0 saturated heterocycles. The van der Waals surface area contributed by atoms with Crippen molar-refractivity contribution < 1.29 is 38.2 Å². The fourth-order valence-electron chi connectivity index (χ4n) is 1.52. The second kappa shape index (κ2) is 11.1. The van der Waals surface area contributed by atoms with Crippen molar-refractivity contribution in [1.82, 2.24) is 9.97 Å². The fraction of sp³-hybridized carbons (Fsp3) is 0.667. The zero-order valence-electron chi connectivity index (χ0n) is 14.7. The van der Waals surface area contributed by atoms with E-state index in [1.807, 2.05) is 0 Å². The summed E-state index contributed by atoms with van der Waals surface area (Å²) in [6.45, 7) is 3.37. The lowest BCUT2D eigenvalue weighted by Crippen LogP contribution is -2.13. The minimum atomic E-state index is -4.21. The van der Waals surface area contributed by atoms with Crippen molar-refractivity contribution in [3.05, 3.63) is 6.07 Å². The second-order valence-electron chi connectivity index (χ2n) is 5.57. The first-order valence-electron chi connectivity index (χ1n) is 7.56. The molecule has 15 heteroatoms. The molecule has 0 aliphatic heterocycles. The standard InChI is InChI=1S/C12H23N3O8P2S2/c1-8(22-6-24(16,17)18)4-26-10-3-11(15-12(13)14-10)27-5-9(2)23-7-25(19,20)21/h3,8-9H,4-7H2,1-2H3,(H2,13,14,15)(H2,16,17,18)(H2,19,20,21)/t8-,9-/m1/s1. The Bertz CT molecular complexity index is 647. The van der Waals surface area contributed by atoms with E-state index >= 15 is 0 Å². The Morgan fingerprint density at radius 3 is 1.67 bits per heavy atom. The van der Waals surface area contributed by atoms with Gasteiger partial charge in [0.05, 0.1) is 12.2 Å². The summed E-state index contributed by atoms with van der Waals surface area (Å²) in [6.07, 6.45) is -2.10. The van der Waals surface area contributed by atoms with Gasteiger partial charge in [0, 0.05) is 17.6 Å². The highest BCUT2D eigenvalue weighted by atomic mass is 32.2. The molecule has 11 nitrogen and oxygen atoms in total. The molecular weight excluding hydrogens is 440 g/mol. The van der Waals surface area contributed by atoms with Crippen molar-refractivity contribution in [2.75, 3.05) is 29.9 Å². The van der Waals surface area contributed by atoms with Crippen molar-refractivity contribution in [3.8, 4) is 0 Å². The number of aromatic nitrogens is 2. The van der Waals surface area contributed by atoms with E-state index in [4.69, 9.17) is 34.8 Å². The zero-order chi connectivity index (χ0) is 20.7. The topological polar surface area (TPSA) is 185 Å². The predicted molar refractivity (Wildman–Crippen MR) is 103 cm³/mol. The smallest absolute Gasteiger partial charge is 0.350 e. The van der Waals surface area contributed by atoms with E-state index in [0.29, 0.717) is 21.6 Å². The quantitative estimate of drug-likeness (QED) is 0.170. The minimum absolute atomic E-state index is 0.0649. The van der Waals surface area contributed by atoms with Crippen molar-refractivity contribution in [2.24, 2.45) is 0 Å². The highest BCUT2D eigenvalue weighted by Crippen LogP contribution is 2.35. The first-order chi connectivity index (χ1) is 12.3. The van der Waals surface area contributed by atoms with E-state index in [2.05, 4.69) is 9.97 Å². The number of nitrogens with zero attached hydrogens (tertiary/aromatic N) is 2. The second-order valence-corrected chi connectivity index (χ2v) is 10.8. The van der Waals surface area contributed by atoms with Crippen LogP contribution in [0, 0.1) is 0 Å². The molecule has 1 aromatic heterocycles. The number of hydrogen-bond donors (Lipinski definition) is 5. The average molecular weight is 463 g/mol. The minimum Gasteiger partial charge on any atom is -0.368 e. The maximum Gasteiger partial charge on any atom is 0.350 e. The molecule has 0 saturated carbocycles. The van der Waals surface area contributed by atoms with Gasteiger partial charge in [-0.15, -0.1) is 23.5 Å². The van der Waals surface area contributed by atoms with E-state index in [0.717, 1.165) is 0 Å². The Labute approximate surface area is 165 Å². The molecule has 0 spiro atoms. The monoisotopic (exact) mass is 463 g/mol. The number of nitrogens with two attached hydrogens (primary N) is 1. The first kappa shape index (κ1) is 24.8. The van der Waals surface area contributed by atoms with Crippen molar-refractivity contribution in [3.63, 3.8) is 0 Å². The largest absolute Gasteiger partial charge is 0.368 e. The predicted octanol–water partition coefficient (Wildman–Crippen LogP) is 1.32.